The Bertz CT molecular complexity index is 386. The minimum Gasteiger partial charge on any atom is -0.207 e. The van der Waals surface area contributed by atoms with Crippen LogP contribution in [0.25, 0.3) is 0 Å². The number of pyridine rings is 1. The first-order valence-corrected chi connectivity index (χ1v) is 5.36. The van der Waals surface area contributed by atoms with E-state index in [-0.39, 0.29) is 5.02 Å². The molecule has 1 aromatic rings. The first-order valence-electron chi connectivity index (χ1n) is 2.67. The summed E-state index contributed by atoms with van der Waals surface area (Å²) in [7, 11) is 0.876. The third-order valence-corrected chi connectivity index (χ3v) is 2.39. The Hall–Kier alpha value is -0.390. The number of hydrogen-bond acceptors (Lipinski definition) is 3. The van der Waals surface area contributed by atoms with Crippen LogP contribution in [-0.2, 0) is 9.05 Å². The first-order chi connectivity index (χ1) is 5.39. The van der Waals surface area contributed by atoms with Gasteiger partial charge in [-0.2, -0.15) is 4.39 Å². The van der Waals surface area contributed by atoms with E-state index in [4.69, 9.17) is 22.3 Å². The summed E-state index contributed by atoms with van der Waals surface area (Å²) in [6.45, 7) is 0. The Balaban J connectivity index is 3.37. The van der Waals surface area contributed by atoms with Crippen molar-refractivity contribution in [2.45, 2.75) is 5.03 Å². The van der Waals surface area contributed by atoms with Crippen molar-refractivity contribution in [1.29, 1.82) is 0 Å². The lowest BCUT2D eigenvalue weighted by atomic mass is 10.5. The number of halogens is 3. The topological polar surface area (TPSA) is 47.0 Å². The average molecular weight is 230 g/mol. The van der Waals surface area contributed by atoms with Gasteiger partial charge in [0.05, 0.1) is 0 Å². The van der Waals surface area contributed by atoms with Crippen LogP contribution in [0.5, 0.6) is 0 Å². The summed E-state index contributed by atoms with van der Waals surface area (Å²) in [6, 6.07) is 1.85. The highest BCUT2D eigenvalue weighted by atomic mass is 35.7. The molecule has 0 fully saturated rings. The van der Waals surface area contributed by atoms with Crippen molar-refractivity contribution in [2.75, 3.05) is 0 Å². The molecule has 1 heterocycles. The molecule has 0 aliphatic carbocycles. The molecule has 12 heavy (non-hydrogen) atoms. The van der Waals surface area contributed by atoms with Gasteiger partial charge in [0.15, 0.2) is 5.03 Å². The predicted octanol–water partition coefficient (Wildman–Crippen LogP) is 1.80. The van der Waals surface area contributed by atoms with E-state index in [9.17, 15) is 12.8 Å². The van der Waals surface area contributed by atoms with Crippen LogP contribution in [0.1, 0.15) is 0 Å². The zero-order valence-electron chi connectivity index (χ0n) is 5.46. The first kappa shape index (κ1) is 9.70. The van der Waals surface area contributed by atoms with Crippen molar-refractivity contribution in [3.63, 3.8) is 0 Å². The molecule has 0 saturated carbocycles. The molecule has 0 aromatic carbocycles. The monoisotopic (exact) mass is 229 g/mol. The Kier molecular flexibility index (Phi) is 2.55. The van der Waals surface area contributed by atoms with Crippen LogP contribution in [0, 0.1) is 5.95 Å². The molecule has 0 aliphatic rings. The third-order valence-electron chi connectivity index (χ3n) is 0.985. The van der Waals surface area contributed by atoms with E-state index in [1.165, 1.54) is 0 Å². The van der Waals surface area contributed by atoms with E-state index < -0.39 is 20.0 Å². The van der Waals surface area contributed by atoms with E-state index in [0.717, 1.165) is 12.1 Å². The zero-order valence-corrected chi connectivity index (χ0v) is 7.79. The molecular weight excluding hydrogens is 228 g/mol. The highest BCUT2D eigenvalue weighted by Crippen LogP contribution is 2.17. The van der Waals surface area contributed by atoms with Crippen molar-refractivity contribution in [1.82, 2.24) is 4.98 Å². The van der Waals surface area contributed by atoms with Gasteiger partial charge in [-0.05, 0) is 6.07 Å². The van der Waals surface area contributed by atoms with Gasteiger partial charge < -0.3 is 0 Å². The number of rotatable bonds is 1. The molecule has 0 atom stereocenters. The van der Waals surface area contributed by atoms with Crippen molar-refractivity contribution in [3.8, 4) is 0 Å². The molecule has 66 valence electrons. The van der Waals surface area contributed by atoms with Crippen LogP contribution < -0.4 is 0 Å². The summed E-state index contributed by atoms with van der Waals surface area (Å²) < 4.78 is 33.7. The third kappa shape index (κ3) is 2.30. The van der Waals surface area contributed by atoms with E-state index in [1.54, 1.807) is 0 Å². The fraction of sp³-hybridized carbons (Fsp3) is 0. The predicted molar refractivity (Wildman–Crippen MR) is 42.2 cm³/mol. The highest BCUT2D eigenvalue weighted by Gasteiger charge is 2.13. The molecule has 0 radical (unpaired) electrons. The molecule has 0 unspecified atom stereocenters. The van der Waals surface area contributed by atoms with Gasteiger partial charge in [0, 0.05) is 21.8 Å². The molecule has 0 N–H and O–H groups in total. The van der Waals surface area contributed by atoms with Gasteiger partial charge in [-0.25, -0.2) is 13.4 Å². The molecule has 1 aromatic heterocycles. The van der Waals surface area contributed by atoms with Gasteiger partial charge >= 0.3 is 0 Å². The maximum absolute atomic E-state index is 12.4. The Morgan fingerprint density at radius 3 is 2.42 bits per heavy atom. The summed E-state index contributed by atoms with van der Waals surface area (Å²) in [5.41, 5.74) is 0. The van der Waals surface area contributed by atoms with Crippen molar-refractivity contribution < 1.29 is 12.8 Å². The maximum atomic E-state index is 12.4. The lowest BCUT2D eigenvalue weighted by Gasteiger charge is -1.95. The number of hydrogen-bond donors (Lipinski definition) is 0. The van der Waals surface area contributed by atoms with Crippen molar-refractivity contribution in [2.24, 2.45) is 0 Å². The van der Waals surface area contributed by atoms with Crippen molar-refractivity contribution >= 4 is 31.3 Å². The zero-order chi connectivity index (χ0) is 9.35. The molecule has 1 rings (SSSR count). The quantitative estimate of drug-likeness (QED) is 0.545. The van der Waals surface area contributed by atoms with Crippen LogP contribution in [0.2, 0.25) is 5.02 Å². The lowest BCUT2D eigenvalue weighted by molar-refractivity contribution is 0.561. The van der Waals surface area contributed by atoms with Crippen molar-refractivity contribution in [3.05, 3.63) is 23.1 Å². The van der Waals surface area contributed by atoms with E-state index >= 15 is 0 Å². The van der Waals surface area contributed by atoms with E-state index in [0.29, 0.717) is 0 Å². The number of aromatic nitrogens is 1. The van der Waals surface area contributed by atoms with Crippen LogP contribution >= 0.6 is 22.3 Å². The normalized spacial score (nSPS) is 11.6. The molecular formula is C5H2Cl2FNO2S. The van der Waals surface area contributed by atoms with Crippen LogP contribution in [0.3, 0.4) is 0 Å². The van der Waals surface area contributed by atoms with Gasteiger partial charge in [0.25, 0.3) is 9.05 Å². The standard InChI is InChI=1S/C5H2Cl2FNO2S/c6-3-1-4(8)9-5(2-3)12(7,10)11/h1-2H. The second-order valence-electron chi connectivity index (χ2n) is 1.88. The molecule has 7 heteroatoms. The molecule has 0 amide bonds. The fourth-order valence-corrected chi connectivity index (χ4v) is 1.53. The van der Waals surface area contributed by atoms with Gasteiger partial charge in [0.2, 0.25) is 5.95 Å². The summed E-state index contributed by atoms with van der Waals surface area (Å²) in [4.78, 5) is 3.03. The van der Waals surface area contributed by atoms with E-state index in [1.807, 2.05) is 0 Å². The Labute approximate surface area is 77.6 Å². The molecule has 3 nitrogen and oxygen atoms in total. The van der Waals surface area contributed by atoms with E-state index in [2.05, 4.69) is 4.98 Å². The largest absolute Gasteiger partial charge is 0.278 e. The van der Waals surface area contributed by atoms with Gasteiger partial charge in [0.1, 0.15) is 0 Å². The minimum atomic E-state index is -4.01. The van der Waals surface area contributed by atoms with Crippen LogP contribution in [0.15, 0.2) is 17.2 Å². The van der Waals surface area contributed by atoms with Crippen LogP contribution in [0.4, 0.5) is 4.39 Å². The Morgan fingerprint density at radius 1 is 1.42 bits per heavy atom. The van der Waals surface area contributed by atoms with Gasteiger partial charge in [-0.1, -0.05) is 11.6 Å². The Morgan fingerprint density at radius 2 is 2.00 bits per heavy atom. The molecule has 0 aliphatic heterocycles. The van der Waals surface area contributed by atoms with Gasteiger partial charge in [-0.3, -0.25) is 0 Å². The SMILES string of the molecule is O=S(=O)(Cl)c1cc(Cl)cc(F)n1. The van der Waals surface area contributed by atoms with Gasteiger partial charge in [-0.15, -0.1) is 0 Å². The summed E-state index contributed by atoms with van der Waals surface area (Å²) in [5.74, 6) is -0.985. The lowest BCUT2D eigenvalue weighted by Crippen LogP contribution is -1.96. The van der Waals surface area contributed by atoms with Crippen LogP contribution in [-0.4, -0.2) is 13.4 Å². The molecule has 0 saturated heterocycles. The number of nitrogens with zero attached hydrogens (tertiary/aromatic N) is 1. The second kappa shape index (κ2) is 3.16. The maximum Gasteiger partial charge on any atom is 0.278 e. The second-order valence-corrected chi connectivity index (χ2v) is 4.83. The minimum absolute atomic E-state index is 0.0678. The molecule has 0 bridgehead atoms. The molecule has 0 spiro atoms. The average Bonchev–Trinajstić information content (AvgIpc) is 1.82. The smallest absolute Gasteiger partial charge is 0.207 e. The summed E-state index contributed by atoms with van der Waals surface area (Å²) >= 11 is 5.35. The fourth-order valence-electron chi connectivity index (χ4n) is 0.568. The summed E-state index contributed by atoms with van der Waals surface area (Å²) in [5, 5.41) is -0.657. The highest BCUT2D eigenvalue weighted by molar-refractivity contribution is 8.13. The summed E-state index contributed by atoms with van der Waals surface area (Å²) in [6.07, 6.45) is 0.